The van der Waals surface area contributed by atoms with Crippen LogP contribution in [-0.2, 0) is 33.5 Å². The fraction of sp³-hybridized carbons (Fsp3) is 0.633. The molecule has 338 valence electrons. The quantitative estimate of drug-likeness (QED) is 0.0457. The maximum atomic E-state index is 13.4. The number of aliphatic hydroxyl groups excluding tert-OH is 1. The first-order valence-corrected chi connectivity index (χ1v) is 23.0. The maximum absolute atomic E-state index is 13.4. The Labute approximate surface area is 369 Å². The summed E-state index contributed by atoms with van der Waals surface area (Å²) in [4.78, 5) is 77.5. The molecule has 3 rings (SSSR count). The Morgan fingerprint density at radius 3 is 2.31 bits per heavy atom. The summed E-state index contributed by atoms with van der Waals surface area (Å²) in [6.07, 6.45) is 20.4. The fourth-order valence-electron chi connectivity index (χ4n) is 8.43. The first-order chi connectivity index (χ1) is 28.6. The van der Waals surface area contributed by atoms with Crippen molar-refractivity contribution in [2.45, 2.75) is 136 Å². The van der Waals surface area contributed by atoms with Crippen LogP contribution in [-0.4, -0.2) is 87.7 Å². The predicted molar refractivity (Wildman–Crippen MR) is 244 cm³/mol. The first-order valence-electron chi connectivity index (χ1n) is 22.1. The van der Waals surface area contributed by atoms with Gasteiger partial charge in [0.1, 0.15) is 11.9 Å². The van der Waals surface area contributed by atoms with E-state index in [9.17, 15) is 33.9 Å². The van der Waals surface area contributed by atoms with Gasteiger partial charge in [-0.15, -0.1) is 11.8 Å². The van der Waals surface area contributed by atoms with Crippen LogP contribution < -0.4 is 10.6 Å². The van der Waals surface area contributed by atoms with Crippen molar-refractivity contribution >= 4 is 47.1 Å². The van der Waals surface area contributed by atoms with Crippen molar-refractivity contribution in [3.05, 3.63) is 71.4 Å². The van der Waals surface area contributed by atoms with Gasteiger partial charge in [-0.1, -0.05) is 87.8 Å². The molecule has 1 saturated carbocycles. The highest BCUT2D eigenvalue weighted by Gasteiger charge is 2.43. The molecule has 2 fully saturated rings. The molecule has 2 aliphatic heterocycles. The number of hydrogen-bond donors (Lipinski definition) is 3. The van der Waals surface area contributed by atoms with Crippen molar-refractivity contribution in [3.8, 4) is 0 Å². The molecule has 1 saturated heterocycles. The average Bonchev–Trinajstić information content (AvgIpc) is 3.45. The highest BCUT2D eigenvalue weighted by atomic mass is 32.2. The topological polar surface area (TPSA) is 159 Å². The summed E-state index contributed by atoms with van der Waals surface area (Å²) in [7, 11) is 1.64. The Hall–Kier alpha value is -4.03. The number of ketones is 1. The van der Waals surface area contributed by atoms with Gasteiger partial charge in [0.25, 0.3) is 0 Å². The molecule has 0 aromatic rings. The molecule has 0 radical (unpaired) electrons. The number of rotatable bonds is 21. The molecule has 4 amide bonds. The van der Waals surface area contributed by atoms with E-state index in [4.69, 9.17) is 4.74 Å². The summed E-state index contributed by atoms with van der Waals surface area (Å²) in [6.45, 7) is 20.0. The van der Waals surface area contributed by atoms with E-state index in [0.29, 0.717) is 13.0 Å². The van der Waals surface area contributed by atoms with Gasteiger partial charge in [-0.05, 0) is 97.0 Å². The number of likely N-dealkylation sites (tertiary alicyclic amines) is 1. The van der Waals surface area contributed by atoms with Crippen molar-refractivity contribution in [2.75, 3.05) is 20.1 Å². The van der Waals surface area contributed by atoms with Gasteiger partial charge in [-0.2, -0.15) is 0 Å². The number of aliphatic hydroxyl groups is 1. The van der Waals surface area contributed by atoms with Gasteiger partial charge in [0.2, 0.25) is 23.6 Å². The highest BCUT2D eigenvalue weighted by molar-refractivity contribution is 8.02. The third-order valence-electron chi connectivity index (χ3n) is 12.1. The highest BCUT2D eigenvalue weighted by Crippen LogP contribution is 2.37. The van der Waals surface area contributed by atoms with Crippen LogP contribution in [0.15, 0.2) is 71.4 Å². The number of Topliss-reactive ketones (excluding diaryl/α,β-unsaturated/α-hetero) is 1. The van der Waals surface area contributed by atoms with Gasteiger partial charge >= 0.3 is 5.97 Å². The lowest BCUT2D eigenvalue weighted by Crippen LogP contribution is -2.40. The summed E-state index contributed by atoms with van der Waals surface area (Å²) >= 11 is 1.40. The Morgan fingerprint density at radius 1 is 1.00 bits per heavy atom. The molecule has 1 aliphatic carbocycles. The third kappa shape index (κ3) is 16.6. The monoisotopic (exact) mass is 864 g/mol. The number of cyclic esters (lactones) is 1. The molecule has 0 spiro atoms. The lowest BCUT2D eigenvalue weighted by atomic mass is 9.81. The van der Waals surface area contributed by atoms with Gasteiger partial charge in [-0.3, -0.25) is 28.9 Å². The smallest absolute Gasteiger partial charge is 0.331 e. The number of amides is 4. The molecule has 11 nitrogen and oxygen atoms in total. The zero-order valence-corrected chi connectivity index (χ0v) is 39.3. The van der Waals surface area contributed by atoms with Gasteiger partial charge in [-0.25, -0.2) is 4.79 Å². The molecular formula is C49H73N3O8S. The van der Waals surface area contributed by atoms with E-state index in [1.807, 2.05) is 85.8 Å². The summed E-state index contributed by atoms with van der Waals surface area (Å²) in [5.74, 6) is -1.58. The second kappa shape index (κ2) is 24.0. The van der Waals surface area contributed by atoms with Crippen LogP contribution in [0.5, 0.6) is 0 Å². The fourth-order valence-corrected chi connectivity index (χ4v) is 9.81. The Morgan fingerprint density at radius 2 is 1.66 bits per heavy atom. The molecule has 8 atom stereocenters. The minimum Gasteiger partial charge on any atom is -0.454 e. The van der Waals surface area contributed by atoms with Crippen molar-refractivity contribution in [2.24, 2.45) is 41.4 Å². The molecule has 3 N–H and O–H groups in total. The van der Waals surface area contributed by atoms with Crippen LogP contribution in [0.3, 0.4) is 0 Å². The van der Waals surface area contributed by atoms with E-state index in [0.717, 1.165) is 48.8 Å². The van der Waals surface area contributed by atoms with Gasteiger partial charge < -0.3 is 20.5 Å². The first kappa shape index (κ1) is 51.3. The minimum atomic E-state index is -0.889. The van der Waals surface area contributed by atoms with Gasteiger partial charge in [0, 0.05) is 67.1 Å². The van der Waals surface area contributed by atoms with E-state index in [1.54, 1.807) is 14.0 Å². The Bertz CT molecular complexity index is 1770. The normalized spacial score (nSPS) is 25.7. The predicted octanol–water partition coefficient (Wildman–Crippen LogP) is 7.62. The maximum Gasteiger partial charge on any atom is 0.331 e. The zero-order valence-electron chi connectivity index (χ0n) is 38.5. The van der Waals surface area contributed by atoms with Crippen LogP contribution in [0.2, 0.25) is 0 Å². The third-order valence-corrected chi connectivity index (χ3v) is 13.5. The van der Waals surface area contributed by atoms with Crippen molar-refractivity contribution < 1.29 is 38.6 Å². The second-order valence-corrected chi connectivity index (χ2v) is 20.4. The Balaban J connectivity index is 1.42. The van der Waals surface area contributed by atoms with Crippen molar-refractivity contribution in [1.82, 2.24) is 15.5 Å². The van der Waals surface area contributed by atoms with Gasteiger partial charge in [0.05, 0.1) is 11.4 Å². The number of nitrogens with zero attached hydrogens (tertiary/aromatic N) is 1. The minimum absolute atomic E-state index is 0.00486. The number of ether oxygens (including phenoxy) is 1. The second-order valence-electron chi connectivity index (χ2n) is 18.5. The van der Waals surface area contributed by atoms with Crippen LogP contribution in [0.4, 0.5) is 0 Å². The molecule has 1 unspecified atom stereocenters. The lowest BCUT2D eigenvalue weighted by Gasteiger charge is -2.30. The number of carbonyl (C=O) groups is 6. The van der Waals surface area contributed by atoms with E-state index in [-0.39, 0.29) is 90.0 Å². The molecule has 0 aromatic carbocycles. The molecular weight excluding hydrogens is 791 g/mol. The van der Waals surface area contributed by atoms with Crippen LogP contribution in [0.1, 0.15) is 114 Å². The molecule has 61 heavy (non-hydrogen) atoms. The number of allylic oxidation sites excluding steroid dienone is 8. The summed E-state index contributed by atoms with van der Waals surface area (Å²) in [5, 5.41) is 16.3. The van der Waals surface area contributed by atoms with E-state index >= 15 is 0 Å². The number of carbonyl (C=O) groups excluding carboxylic acids is 6. The Kier molecular flexibility index (Phi) is 20.2. The zero-order chi connectivity index (χ0) is 45.6. The van der Waals surface area contributed by atoms with Crippen LogP contribution in [0, 0.1) is 41.4 Å². The number of nitrogens with one attached hydrogen (secondary N) is 2. The van der Waals surface area contributed by atoms with E-state index < -0.39 is 22.0 Å². The lowest BCUT2D eigenvalue weighted by molar-refractivity contribution is -0.143. The van der Waals surface area contributed by atoms with E-state index in [2.05, 4.69) is 29.7 Å². The number of thioether (sulfide) groups is 1. The average molecular weight is 864 g/mol. The summed E-state index contributed by atoms with van der Waals surface area (Å²) in [5.41, 5.74) is 2.83. The van der Waals surface area contributed by atoms with Crippen LogP contribution in [0.25, 0.3) is 0 Å². The SMILES string of the molecule is CNC(=O)C1CCC(CN2C(=O)CC(SC(C)(C)CNC(=O)/C=C(\C)C[C@H](C)[C@@H](O)[C@H](C)C(=O)[C@H](C)/C=C(C)/C=C/C[C@@H](C)/C=C(C)\C=C\[C@@H]3OC(=O)C=C[C@@H]3C)C2=O)CC1. The molecule has 3 aliphatic rings. The standard InChI is InChI=1S/C49H73N3O8S/c1-30(23-32(3)15-21-40-34(5)16-22-44(55)60-40)13-12-14-31(2)24-35(6)45(56)37(8)46(57)36(7)25-33(4)26-42(53)51-29-49(9,10)61-41-27-43(54)52(48(41)59)28-38-17-19-39(20-18-38)47(58)50-11/h12,14-16,21-24,26,30,34-41,46,57H,13,17-20,25,27-29H2,1-11H3,(H,50,58)(H,51,53)/b14-12+,21-15+,31-24+,32-23-,33-26+/t30-,34+,35-,36+,37-,38?,39?,40+,41?,46-/m1/s1. The summed E-state index contributed by atoms with van der Waals surface area (Å²) < 4.78 is 4.87. The summed E-state index contributed by atoms with van der Waals surface area (Å²) in [6, 6.07) is 0. The molecule has 0 aromatic heterocycles. The van der Waals surface area contributed by atoms with Crippen LogP contribution >= 0.6 is 11.8 Å². The van der Waals surface area contributed by atoms with Crippen molar-refractivity contribution in [1.29, 1.82) is 0 Å². The molecule has 12 heteroatoms. The van der Waals surface area contributed by atoms with E-state index in [1.165, 1.54) is 28.8 Å². The number of hydrogen-bond acceptors (Lipinski definition) is 9. The molecule has 2 heterocycles. The largest absolute Gasteiger partial charge is 0.454 e. The molecule has 0 bridgehead atoms. The number of imide groups is 1. The van der Waals surface area contributed by atoms with Crippen molar-refractivity contribution in [3.63, 3.8) is 0 Å². The number of esters is 1. The van der Waals surface area contributed by atoms with Gasteiger partial charge in [0.15, 0.2) is 0 Å².